The first-order valence-corrected chi connectivity index (χ1v) is 11.4. The predicted molar refractivity (Wildman–Crippen MR) is 101 cm³/mol. The minimum atomic E-state index is -3.16. The van der Waals surface area contributed by atoms with Gasteiger partial charge in [-0.15, -0.1) is 0 Å². The number of nitrogens with one attached hydrogen (secondary N) is 3. The number of hydrogen-bond acceptors (Lipinski definition) is 4. The minimum absolute atomic E-state index is 0.232. The molecule has 0 aromatic rings. The highest BCUT2D eigenvalue weighted by molar-refractivity contribution is 7.88. The molecule has 2 fully saturated rings. The van der Waals surface area contributed by atoms with E-state index in [1.165, 1.54) is 32.1 Å². The van der Waals surface area contributed by atoms with Gasteiger partial charge in [-0.3, -0.25) is 4.99 Å². The lowest BCUT2D eigenvalue weighted by Gasteiger charge is -2.58. The van der Waals surface area contributed by atoms with Gasteiger partial charge in [0.15, 0.2) is 5.96 Å². The lowest BCUT2D eigenvalue weighted by molar-refractivity contribution is -0.145. The van der Waals surface area contributed by atoms with Gasteiger partial charge in [0.2, 0.25) is 10.0 Å². The highest BCUT2D eigenvalue weighted by atomic mass is 32.2. The first kappa shape index (κ1) is 20.5. The summed E-state index contributed by atoms with van der Waals surface area (Å²) in [5, 5.41) is 6.85. The van der Waals surface area contributed by atoms with Crippen LogP contribution in [-0.4, -0.2) is 59.0 Å². The van der Waals surface area contributed by atoms with Crippen LogP contribution >= 0.6 is 0 Å². The monoisotopic (exact) mass is 374 g/mol. The molecule has 7 nitrogen and oxygen atoms in total. The Kier molecular flexibility index (Phi) is 7.51. The van der Waals surface area contributed by atoms with Crippen molar-refractivity contribution in [3.63, 3.8) is 0 Å². The van der Waals surface area contributed by atoms with Gasteiger partial charge in [-0.05, 0) is 33.1 Å². The van der Waals surface area contributed by atoms with Crippen molar-refractivity contribution in [3.8, 4) is 0 Å². The van der Waals surface area contributed by atoms with Crippen LogP contribution in [0.5, 0.6) is 0 Å². The van der Waals surface area contributed by atoms with Crippen LogP contribution in [0.3, 0.4) is 0 Å². The van der Waals surface area contributed by atoms with Gasteiger partial charge in [-0.1, -0.05) is 19.3 Å². The van der Waals surface area contributed by atoms with Gasteiger partial charge < -0.3 is 15.4 Å². The van der Waals surface area contributed by atoms with E-state index in [0.717, 1.165) is 31.8 Å². The van der Waals surface area contributed by atoms with Crippen molar-refractivity contribution in [2.45, 2.75) is 64.5 Å². The van der Waals surface area contributed by atoms with E-state index in [4.69, 9.17) is 4.74 Å². The zero-order valence-corrected chi connectivity index (χ0v) is 16.6. The summed E-state index contributed by atoms with van der Waals surface area (Å²) >= 11 is 0. The predicted octanol–water partition coefficient (Wildman–Crippen LogP) is 1.22. The summed E-state index contributed by atoms with van der Waals surface area (Å²) in [6, 6.07) is 0.380. The zero-order valence-electron chi connectivity index (χ0n) is 15.8. The Bertz CT molecular complexity index is 544. The summed E-state index contributed by atoms with van der Waals surface area (Å²) in [5.41, 5.74) is 0.232. The van der Waals surface area contributed by atoms with Crippen molar-refractivity contribution in [2.24, 2.45) is 10.4 Å². The van der Waals surface area contributed by atoms with Crippen LogP contribution in [0.1, 0.15) is 52.4 Å². The molecule has 0 amide bonds. The highest BCUT2D eigenvalue weighted by Crippen LogP contribution is 2.53. The molecule has 0 saturated heterocycles. The molecule has 0 heterocycles. The third kappa shape index (κ3) is 5.56. The quantitative estimate of drug-likeness (QED) is 0.337. The first-order valence-electron chi connectivity index (χ1n) is 9.52. The standard InChI is InChI=1S/C17H34N4O3S/c1-4-18-16(19-11-12-20-25(3,22)23)21-14-13-15(24-5-2)17(14)9-7-6-8-10-17/h14-15,20H,4-13H2,1-3H3,(H2,18,19,21). The lowest BCUT2D eigenvalue weighted by atomic mass is 9.55. The number of hydrogen-bond donors (Lipinski definition) is 3. The zero-order chi connectivity index (χ0) is 18.3. The Morgan fingerprint density at radius 1 is 1.24 bits per heavy atom. The fraction of sp³-hybridized carbons (Fsp3) is 0.941. The fourth-order valence-electron chi connectivity index (χ4n) is 4.15. The number of rotatable bonds is 8. The Balaban J connectivity index is 1.95. The van der Waals surface area contributed by atoms with Crippen LogP contribution in [0, 0.1) is 5.41 Å². The summed E-state index contributed by atoms with van der Waals surface area (Å²) in [4.78, 5) is 4.51. The molecule has 0 aromatic heterocycles. The average molecular weight is 375 g/mol. The van der Waals surface area contributed by atoms with Crippen molar-refractivity contribution in [2.75, 3.05) is 32.5 Å². The van der Waals surface area contributed by atoms with E-state index in [-0.39, 0.29) is 5.41 Å². The molecule has 8 heteroatoms. The molecule has 2 saturated carbocycles. The first-order chi connectivity index (χ1) is 11.9. The minimum Gasteiger partial charge on any atom is -0.378 e. The van der Waals surface area contributed by atoms with E-state index in [0.29, 0.717) is 25.2 Å². The summed E-state index contributed by atoms with van der Waals surface area (Å²) in [6.07, 6.45) is 8.81. The second-order valence-electron chi connectivity index (χ2n) is 7.10. The number of nitrogens with zero attached hydrogens (tertiary/aromatic N) is 1. The number of aliphatic imine (C=N–C) groups is 1. The van der Waals surface area contributed by atoms with Crippen molar-refractivity contribution >= 4 is 16.0 Å². The molecule has 1 spiro atoms. The largest absolute Gasteiger partial charge is 0.378 e. The summed E-state index contributed by atoms with van der Waals surface area (Å²) in [7, 11) is -3.16. The Morgan fingerprint density at radius 3 is 2.56 bits per heavy atom. The number of guanidine groups is 1. The molecule has 0 aliphatic heterocycles. The van der Waals surface area contributed by atoms with Crippen LogP contribution < -0.4 is 15.4 Å². The Morgan fingerprint density at radius 2 is 1.96 bits per heavy atom. The van der Waals surface area contributed by atoms with E-state index in [9.17, 15) is 8.42 Å². The van der Waals surface area contributed by atoms with E-state index in [1.807, 2.05) is 6.92 Å². The second kappa shape index (κ2) is 9.19. The third-order valence-corrected chi connectivity index (χ3v) is 6.07. The molecule has 0 aromatic carbocycles. The molecule has 2 unspecified atom stereocenters. The highest BCUT2D eigenvalue weighted by Gasteiger charge is 2.55. The van der Waals surface area contributed by atoms with E-state index < -0.39 is 10.0 Å². The van der Waals surface area contributed by atoms with Crippen molar-refractivity contribution in [1.29, 1.82) is 0 Å². The van der Waals surface area contributed by atoms with Gasteiger partial charge in [0.25, 0.3) is 0 Å². The topological polar surface area (TPSA) is 91.8 Å². The van der Waals surface area contributed by atoms with E-state index in [2.05, 4.69) is 27.3 Å². The smallest absolute Gasteiger partial charge is 0.208 e. The molecule has 2 aliphatic carbocycles. The maximum Gasteiger partial charge on any atom is 0.208 e. The van der Waals surface area contributed by atoms with Crippen LogP contribution in [0.4, 0.5) is 0 Å². The molecule has 2 atom stereocenters. The van der Waals surface area contributed by atoms with Gasteiger partial charge in [-0.25, -0.2) is 13.1 Å². The summed E-state index contributed by atoms with van der Waals surface area (Å²) < 4.78 is 30.7. The molecule has 25 heavy (non-hydrogen) atoms. The van der Waals surface area contributed by atoms with Crippen LogP contribution in [-0.2, 0) is 14.8 Å². The van der Waals surface area contributed by atoms with E-state index >= 15 is 0 Å². The molecular weight excluding hydrogens is 340 g/mol. The lowest BCUT2D eigenvalue weighted by Crippen LogP contribution is -2.66. The van der Waals surface area contributed by atoms with Crippen molar-refractivity contribution in [3.05, 3.63) is 0 Å². The van der Waals surface area contributed by atoms with Crippen LogP contribution in [0.25, 0.3) is 0 Å². The fourth-order valence-corrected chi connectivity index (χ4v) is 4.61. The Labute approximate surface area is 152 Å². The molecule has 2 aliphatic rings. The second-order valence-corrected chi connectivity index (χ2v) is 8.93. The normalized spacial score (nSPS) is 26.3. The summed E-state index contributed by atoms with van der Waals surface area (Å²) in [5.74, 6) is 0.766. The molecule has 3 N–H and O–H groups in total. The van der Waals surface area contributed by atoms with Gasteiger partial charge in [0.05, 0.1) is 18.9 Å². The SMILES string of the molecule is CCNC(=NCCNS(C)(=O)=O)NC1CC(OCC)C12CCCCC2. The third-order valence-electron chi connectivity index (χ3n) is 5.34. The van der Waals surface area contributed by atoms with Gasteiger partial charge in [0, 0.05) is 31.2 Å². The molecule has 146 valence electrons. The maximum absolute atomic E-state index is 11.1. The molecule has 0 radical (unpaired) electrons. The van der Waals surface area contributed by atoms with Crippen LogP contribution in [0.2, 0.25) is 0 Å². The van der Waals surface area contributed by atoms with Gasteiger partial charge in [0.1, 0.15) is 0 Å². The summed E-state index contributed by atoms with van der Waals surface area (Å²) in [6.45, 7) is 6.37. The molecule has 0 bridgehead atoms. The van der Waals surface area contributed by atoms with Gasteiger partial charge in [-0.2, -0.15) is 0 Å². The number of ether oxygens (including phenoxy) is 1. The van der Waals surface area contributed by atoms with Crippen molar-refractivity contribution in [1.82, 2.24) is 15.4 Å². The Hall–Kier alpha value is -0.860. The van der Waals surface area contributed by atoms with Crippen LogP contribution in [0.15, 0.2) is 4.99 Å². The average Bonchev–Trinajstić information content (AvgIpc) is 2.57. The molecular formula is C17H34N4O3S. The molecule has 2 rings (SSSR count). The van der Waals surface area contributed by atoms with E-state index in [1.54, 1.807) is 0 Å². The maximum atomic E-state index is 11.1. The van der Waals surface area contributed by atoms with Crippen molar-refractivity contribution < 1.29 is 13.2 Å². The van der Waals surface area contributed by atoms with Gasteiger partial charge >= 0.3 is 0 Å². The number of sulfonamides is 1.